The SMILES string of the molecule is CCOC(=O)C1CCCN(C(=O)CN(C)C(=O)C(C)Oc2ccc(Br)cc2)C1. The van der Waals surface area contributed by atoms with Crippen LogP contribution in [0.2, 0.25) is 0 Å². The van der Waals surface area contributed by atoms with Gasteiger partial charge in [-0.05, 0) is 51.0 Å². The van der Waals surface area contributed by atoms with E-state index in [1.54, 1.807) is 37.9 Å². The third kappa shape index (κ3) is 6.22. The Labute approximate surface area is 174 Å². The first-order valence-corrected chi connectivity index (χ1v) is 10.2. The van der Waals surface area contributed by atoms with E-state index in [0.717, 1.165) is 17.3 Å². The second-order valence-electron chi connectivity index (χ2n) is 6.84. The molecule has 28 heavy (non-hydrogen) atoms. The van der Waals surface area contributed by atoms with Gasteiger partial charge in [-0.25, -0.2) is 0 Å². The molecule has 1 aromatic rings. The van der Waals surface area contributed by atoms with Gasteiger partial charge in [0.05, 0.1) is 19.1 Å². The fourth-order valence-corrected chi connectivity index (χ4v) is 3.38. The number of hydrogen-bond donors (Lipinski definition) is 0. The molecule has 2 unspecified atom stereocenters. The van der Waals surface area contributed by atoms with Crippen LogP contribution < -0.4 is 4.74 Å². The summed E-state index contributed by atoms with van der Waals surface area (Å²) in [5.41, 5.74) is 0. The van der Waals surface area contributed by atoms with Crippen LogP contribution in [0.15, 0.2) is 28.7 Å². The molecule has 1 saturated heterocycles. The number of piperidine rings is 1. The van der Waals surface area contributed by atoms with Crippen molar-refractivity contribution < 1.29 is 23.9 Å². The van der Waals surface area contributed by atoms with Crippen molar-refractivity contribution in [1.82, 2.24) is 9.80 Å². The number of amides is 2. The van der Waals surface area contributed by atoms with Gasteiger partial charge in [-0.2, -0.15) is 0 Å². The van der Waals surface area contributed by atoms with Crippen molar-refractivity contribution in [3.63, 3.8) is 0 Å². The van der Waals surface area contributed by atoms with Gasteiger partial charge in [-0.15, -0.1) is 0 Å². The molecule has 2 amide bonds. The molecule has 1 fully saturated rings. The van der Waals surface area contributed by atoms with Gasteiger partial charge in [0.25, 0.3) is 5.91 Å². The zero-order valence-corrected chi connectivity index (χ0v) is 18.1. The van der Waals surface area contributed by atoms with Crippen LogP contribution in [0.3, 0.4) is 0 Å². The van der Waals surface area contributed by atoms with Crippen LogP contribution in [-0.4, -0.2) is 67.0 Å². The van der Waals surface area contributed by atoms with Crippen LogP contribution in [0.5, 0.6) is 5.75 Å². The normalized spacial score (nSPS) is 17.6. The maximum absolute atomic E-state index is 12.6. The molecule has 7 nitrogen and oxygen atoms in total. The summed E-state index contributed by atoms with van der Waals surface area (Å²) < 4.78 is 11.6. The summed E-state index contributed by atoms with van der Waals surface area (Å²) in [6.45, 7) is 4.62. The molecule has 0 radical (unpaired) electrons. The van der Waals surface area contributed by atoms with Gasteiger partial charge in [0.15, 0.2) is 6.10 Å². The summed E-state index contributed by atoms with van der Waals surface area (Å²) in [6.07, 6.45) is 0.749. The number of benzene rings is 1. The molecule has 1 aromatic carbocycles. The molecular formula is C20H27BrN2O5. The van der Waals surface area contributed by atoms with E-state index in [1.807, 2.05) is 12.1 Å². The summed E-state index contributed by atoms with van der Waals surface area (Å²) in [5.74, 6) is -0.438. The molecule has 1 aliphatic heterocycles. The Hall–Kier alpha value is -2.09. The number of carbonyl (C=O) groups excluding carboxylic acids is 3. The van der Waals surface area contributed by atoms with Crippen molar-refractivity contribution >= 4 is 33.7 Å². The van der Waals surface area contributed by atoms with E-state index in [-0.39, 0.29) is 30.2 Å². The Kier molecular flexibility index (Phi) is 8.29. The van der Waals surface area contributed by atoms with Crippen molar-refractivity contribution in [2.24, 2.45) is 5.92 Å². The zero-order valence-electron chi connectivity index (χ0n) is 16.5. The standard InChI is InChI=1S/C20H27BrN2O5/c1-4-27-20(26)15-6-5-11-23(12-15)18(24)13-22(3)19(25)14(2)28-17-9-7-16(21)8-10-17/h7-10,14-15H,4-6,11-13H2,1-3H3. The fraction of sp³-hybridized carbons (Fsp3) is 0.550. The Morgan fingerprint density at radius 3 is 2.61 bits per heavy atom. The van der Waals surface area contributed by atoms with E-state index < -0.39 is 6.10 Å². The Bertz CT molecular complexity index is 694. The van der Waals surface area contributed by atoms with Crippen LogP contribution in [0.4, 0.5) is 0 Å². The number of hydrogen-bond acceptors (Lipinski definition) is 5. The number of likely N-dealkylation sites (tertiary alicyclic amines) is 1. The summed E-state index contributed by atoms with van der Waals surface area (Å²) in [7, 11) is 1.58. The second kappa shape index (κ2) is 10.5. The Morgan fingerprint density at radius 2 is 1.96 bits per heavy atom. The summed E-state index contributed by atoms with van der Waals surface area (Å²) in [6, 6.07) is 7.19. The van der Waals surface area contributed by atoms with E-state index in [2.05, 4.69) is 15.9 Å². The minimum atomic E-state index is -0.715. The van der Waals surface area contributed by atoms with Gasteiger partial charge in [0.2, 0.25) is 5.91 Å². The zero-order chi connectivity index (χ0) is 20.7. The molecule has 8 heteroatoms. The number of nitrogens with zero attached hydrogens (tertiary/aromatic N) is 2. The van der Waals surface area contributed by atoms with Gasteiger partial charge < -0.3 is 19.3 Å². The van der Waals surface area contributed by atoms with Gasteiger partial charge in [-0.3, -0.25) is 14.4 Å². The maximum Gasteiger partial charge on any atom is 0.310 e. The molecule has 0 bridgehead atoms. The quantitative estimate of drug-likeness (QED) is 0.591. The van der Waals surface area contributed by atoms with Crippen molar-refractivity contribution in [3.8, 4) is 5.75 Å². The van der Waals surface area contributed by atoms with Crippen LogP contribution in [0, 0.1) is 5.92 Å². The monoisotopic (exact) mass is 454 g/mol. The average molecular weight is 455 g/mol. The molecule has 0 spiro atoms. The highest BCUT2D eigenvalue weighted by Gasteiger charge is 2.30. The lowest BCUT2D eigenvalue weighted by Crippen LogP contribution is -2.48. The van der Waals surface area contributed by atoms with Crippen LogP contribution in [0.1, 0.15) is 26.7 Å². The molecule has 1 aliphatic rings. The van der Waals surface area contributed by atoms with Gasteiger partial charge >= 0.3 is 5.97 Å². The summed E-state index contributed by atoms with van der Waals surface area (Å²) in [5, 5.41) is 0. The van der Waals surface area contributed by atoms with Crippen molar-refractivity contribution in [3.05, 3.63) is 28.7 Å². The highest BCUT2D eigenvalue weighted by atomic mass is 79.9. The Morgan fingerprint density at radius 1 is 1.29 bits per heavy atom. The van der Waals surface area contributed by atoms with E-state index in [4.69, 9.17) is 9.47 Å². The predicted molar refractivity (Wildman–Crippen MR) is 108 cm³/mol. The van der Waals surface area contributed by atoms with E-state index in [9.17, 15) is 14.4 Å². The first kappa shape index (κ1) is 22.2. The fourth-order valence-electron chi connectivity index (χ4n) is 3.12. The van der Waals surface area contributed by atoms with E-state index >= 15 is 0 Å². The highest BCUT2D eigenvalue weighted by molar-refractivity contribution is 9.10. The summed E-state index contributed by atoms with van der Waals surface area (Å²) in [4.78, 5) is 40.1. The Balaban J connectivity index is 1.87. The maximum atomic E-state index is 12.6. The predicted octanol–water partition coefficient (Wildman–Crippen LogP) is 2.48. The van der Waals surface area contributed by atoms with Crippen LogP contribution in [-0.2, 0) is 19.1 Å². The number of halogens is 1. The van der Waals surface area contributed by atoms with Crippen molar-refractivity contribution in [2.45, 2.75) is 32.8 Å². The lowest BCUT2D eigenvalue weighted by Gasteiger charge is -2.33. The smallest absolute Gasteiger partial charge is 0.310 e. The van der Waals surface area contributed by atoms with Gasteiger partial charge in [0.1, 0.15) is 5.75 Å². The largest absolute Gasteiger partial charge is 0.481 e. The lowest BCUT2D eigenvalue weighted by atomic mass is 9.98. The van der Waals surface area contributed by atoms with Gasteiger partial charge in [-0.1, -0.05) is 15.9 Å². The minimum Gasteiger partial charge on any atom is -0.481 e. The molecule has 0 aliphatic carbocycles. The highest BCUT2D eigenvalue weighted by Crippen LogP contribution is 2.19. The molecule has 0 aromatic heterocycles. The van der Waals surface area contributed by atoms with Gasteiger partial charge in [0, 0.05) is 24.6 Å². The number of esters is 1. The minimum absolute atomic E-state index is 0.0532. The third-order valence-corrected chi connectivity index (χ3v) is 5.15. The van der Waals surface area contributed by atoms with Crippen LogP contribution in [0.25, 0.3) is 0 Å². The first-order chi connectivity index (χ1) is 13.3. The van der Waals surface area contributed by atoms with Crippen molar-refractivity contribution in [2.75, 3.05) is 33.3 Å². The number of likely N-dealkylation sites (N-methyl/N-ethyl adjacent to an activating group) is 1. The molecule has 2 rings (SSSR count). The van der Waals surface area contributed by atoms with E-state index in [1.165, 1.54) is 4.90 Å². The average Bonchev–Trinajstić information content (AvgIpc) is 2.69. The summed E-state index contributed by atoms with van der Waals surface area (Å²) >= 11 is 3.35. The molecule has 0 saturated carbocycles. The molecule has 1 heterocycles. The van der Waals surface area contributed by atoms with E-state index in [0.29, 0.717) is 25.4 Å². The number of carbonyl (C=O) groups is 3. The molecule has 0 N–H and O–H groups in total. The molecule has 2 atom stereocenters. The topological polar surface area (TPSA) is 76.2 Å². The lowest BCUT2D eigenvalue weighted by molar-refractivity contribution is -0.152. The van der Waals surface area contributed by atoms with Crippen molar-refractivity contribution in [1.29, 1.82) is 0 Å². The number of ether oxygens (including phenoxy) is 2. The second-order valence-corrected chi connectivity index (χ2v) is 7.75. The molecule has 154 valence electrons. The third-order valence-electron chi connectivity index (χ3n) is 4.62. The molecular weight excluding hydrogens is 428 g/mol. The first-order valence-electron chi connectivity index (χ1n) is 9.43. The van der Waals surface area contributed by atoms with Crippen LogP contribution >= 0.6 is 15.9 Å². The number of rotatable bonds is 7.